The number of carbonyl (C=O) groups is 2. The zero-order chi connectivity index (χ0) is 8.27. The molecule has 0 radical (unpaired) electrons. The Hall–Kier alpha value is -1.52. The SMILES string of the molecule is O=C(O)OC1CC=COC1=O. The van der Waals surface area contributed by atoms with Gasteiger partial charge in [0, 0.05) is 6.42 Å². The predicted octanol–water partition coefficient (Wildman–Crippen LogP) is 0.510. The van der Waals surface area contributed by atoms with Gasteiger partial charge in [-0.2, -0.15) is 0 Å². The lowest BCUT2D eigenvalue weighted by Crippen LogP contribution is -2.29. The van der Waals surface area contributed by atoms with Gasteiger partial charge in [0.15, 0.2) is 0 Å². The molecule has 60 valence electrons. The number of hydrogen-bond donors (Lipinski definition) is 1. The van der Waals surface area contributed by atoms with Crippen LogP contribution in [0.5, 0.6) is 0 Å². The van der Waals surface area contributed by atoms with E-state index in [1.165, 1.54) is 12.3 Å². The standard InChI is InChI=1S/C6H6O5/c7-5-4(11-6(8)9)2-1-3-10-5/h1,3-4H,2H2,(H,8,9). The normalized spacial score (nSPS) is 22.5. The predicted molar refractivity (Wildman–Crippen MR) is 32.7 cm³/mol. The van der Waals surface area contributed by atoms with E-state index in [1.807, 2.05) is 0 Å². The number of ether oxygens (including phenoxy) is 2. The molecule has 0 saturated carbocycles. The number of carboxylic acid groups (broad SMARTS) is 1. The third-order valence-electron chi connectivity index (χ3n) is 1.14. The molecule has 0 fully saturated rings. The van der Waals surface area contributed by atoms with Gasteiger partial charge in [-0.25, -0.2) is 9.59 Å². The monoisotopic (exact) mass is 158 g/mol. The van der Waals surface area contributed by atoms with Gasteiger partial charge in [0.05, 0.1) is 6.26 Å². The van der Waals surface area contributed by atoms with Crippen molar-refractivity contribution in [1.82, 2.24) is 0 Å². The minimum absolute atomic E-state index is 0.241. The van der Waals surface area contributed by atoms with Crippen LogP contribution in [0.4, 0.5) is 4.79 Å². The van der Waals surface area contributed by atoms with Crippen molar-refractivity contribution in [3.05, 3.63) is 12.3 Å². The zero-order valence-electron chi connectivity index (χ0n) is 5.52. The number of carbonyl (C=O) groups excluding carboxylic acids is 1. The summed E-state index contributed by atoms with van der Waals surface area (Å²) >= 11 is 0. The maximum atomic E-state index is 10.7. The number of cyclic esters (lactones) is 1. The van der Waals surface area contributed by atoms with E-state index >= 15 is 0 Å². The number of hydrogen-bond acceptors (Lipinski definition) is 4. The van der Waals surface area contributed by atoms with Crippen LogP contribution in [-0.2, 0) is 14.3 Å². The van der Waals surface area contributed by atoms with Gasteiger partial charge in [-0.3, -0.25) is 0 Å². The van der Waals surface area contributed by atoms with Crippen LogP contribution in [-0.4, -0.2) is 23.3 Å². The third kappa shape index (κ3) is 1.96. The minimum Gasteiger partial charge on any atom is -0.450 e. The van der Waals surface area contributed by atoms with Crippen molar-refractivity contribution < 1.29 is 24.2 Å². The summed E-state index contributed by atoms with van der Waals surface area (Å²) in [6, 6.07) is 0. The highest BCUT2D eigenvalue weighted by Gasteiger charge is 2.24. The summed E-state index contributed by atoms with van der Waals surface area (Å²) in [5.74, 6) is -0.671. The summed E-state index contributed by atoms with van der Waals surface area (Å²) in [5, 5.41) is 8.13. The van der Waals surface area contributed by atoms with Crippen molar-refractivity contribution in [3.8, 4) is 0 Å². The summed E-state index contributed by atoms with van der Waals surface area (Å²) in [5.41, 5.74) is 0. The fourth-order valence-corrected chi connectivity index (χ4v) is 0.684. The van der Waals surface area contributed by atoms with E-state index in [4.69, 9.17) is 5.11 Å². The average Bonchev–Trinajstić information content (AvgIpc) is 1.93. The Kier molecular flexibility index (Phi) is 2.10. The van der Waals surface area contributed by atoms with Gasteiger partial charge >= 0.3 is 12.1 Å². The van der Waals surface area contributed by atoms with Gasteiger partial charge in [-0.1, -0.05) is 0 Å². The lowest BCUT2D eigenvalue weighted by molar-refractivity contribution is -0.149. The van der Waals surface area contributed by atoms with E-state index in [2.05, 4.69) is 9.47 Å². The fraction of sp³-hybridized carbons (Fsp3) is 0.333. The number of esters is 1. The van der Waals surface area contributed by atoms with Crippen molar-refractivity contribution in [2.75, 3.05) is 0 Å². The quantitative estimate of drug-likeness (QED) is 0.563. The molecule has 1 aliphatic heterocycles. The Labute approximate surface area is 62.2 Å². The Balaban J connectivity index is 2.51. The second kappa shape index (κ2) is 3.05. The van der Waals surface area contributed by atoms with Gasteiger partial charge in [0.25, 0.3) is 0 Å². The molecule has 0 aliphatic carbocycles. The Morgan fingerprint density at radius 3 is 3.09 bits per heavy atom. The fourth-order valence-electron chi connectivity index (χ4n) is 0.684. The second-order valence-corrected chi connectivity index (χ2v) is 1.92. The van der Waals surface area contributed by atoms with Crippen LogP contribution in [0.15, 0.2) is 12.3 Å². The van der Waals surface area contributed by atoms with Crippen LogP contribution < -0.4 is 0 Å². The third-order valence-corrected chi connectivity index (χ3v) is 1.14. The van der Waals surface area contributed by atoms with Crippen molar-refractivity contribution in [3.63, 3.8) is 0 Å². The topological polar surface area (TPSA) is 72.8 Å². The van der Waals surface area contributed by atoms with Crippen molar-refractivity contribution >= 4 is 12.1 Å². The molecule has 5 nitrogen and oxygen atoms in total. The van der Waals surface area contributed by atoms with Crippen LogP contribution in [0.2, 0.25) is 0 Å². The van der Waals surface area contributed by atoms with Gasteiger partial charge in [0.1, 0.15) is 0 Å². The van der Waals surface area contributed by atoms with E-state index in [-0.39, 0.29) is 6.42 Å². The summed E-state index contributed by atoms with van der Waals surface area (Å²) in [4.78, 5) is 20.6. The largest absolute Gasteiger partial charge is 0.506 e. The molecule has 5 heteroatoms. The molecule has 0 bridgehead atoms. The Bertz CT molecular complexity index is 207. The first-order valence-corrected chi connectivity index (χ1v) is 2.95. The van der Waals surface area contributed by atoms with Gasteiger partial charge in [-0.15, -0.1) is 0 Å². The Morgan fingerprint density at radius 2 is 2.55 bits per heavy atom. The van der Waals surface area contributed by atoms with E-state index < -0.39 is 18.2 Å². The summed E-state index contributed by atoms with van der Waals surface area (Å²) in [6.07, 6.45) is 0.504. The molecule has 0 aromatic heterocycles. The molecule has 11 heavy (non-hydrogen) atoms. The molecule has 0 aromatic rings. The molecule has 1 N–H and O–H groups in total. The summed E-state index contributed by atoms with van der Waals surface area (Å²) < 4.78 is 8.58. The summed E-state index contributed by atoms with van der Waals surface area (Å²) in [7, 11) is 0. The molecule has 0 amide bonds. The van der Waals surface area contributed by atoms with Crippen LogP contribution in [0.1, 0.15) is 6.42 Å². The highest BCUT2D eigenvalue weighted by Crippen LogP contribution is 2.08. The van der Waals surface area contributed by atoms with Gasteiger partial charge in [-0.05, 0) is 6.08 Å². The highest BCUT2D eigenvalue weighted by atomic mass is 16.7. The highest BCUT2D eigenvalue weighted by molar-refractivity contribution is 5.78. The van der Waals surface area contributed by atoms with E-state index in [1.54, 1.807) is 0 Å². The molecule has 1 aliphatic rings. The van der Waals surface area contributed by atoms with Crippen molar-refractivity contribution in [2.45, 2.75) is 12.5 Å². The van der Waals surface area contributed by atoms with Crippen molar-refractivity contribution in [1.29, 1.82) is 0 Å². The second-order valence-electron chi connectivity index (χ2n) is 1.92. The van der Waals surface area contributed by atoms with E-state index in [0.29, 0.717) is 0 Å². The van der Waals surface area contributed by atoms with Crippen molar-refractivity contribution in [2.24, 2.45) is 0 Å². The first kappa shape index (κ1) is 7.59. The van der Waals surface area contributed by atoms with Crippen LogP contribution in [0, 0.1) is 0 Å². The number of rotatable bonds is 1. The first-order valence-electron chi connectivity index (χ1n) is 2.95. The molecule has 1 rings (SSSR count). The molecular formula is C6H6O5. The molecule has 1 atom stereocenters. The first-order chi connectivity index (χ1) is 5.20. The molecular weight excluding hydrogens is 152 g/mol. The minimum atomic E-state index is -1.47. The molecule has 0 spiro atoms. The molecule has 0 saturated heterocycles. The average molecular weight is 158 g/mol. The molecule has 1 heterocycles. The van der Waals surface area contributed by atoms with E-state index in [9.17, 15) is 9.59 Å². The van der Waals surface area contributed by atoms with Gasteiger partial charge < -0.3 is 14.6 Å². The molecule has 0 aromatic carbocycles. The lowest BCUT2D eigenvalue weighted by atomic mass is 10.2. The van der Waals surface area contributed by atoms with E-state index in [0.717, 1.165) is 0 Å². The van der Waals surface area contributed by atoms with Gasteiger partial charge in [0.2, 0.25) is 6.10 Å². The van der Waals surface area contributed by atoms with Crippen LogP contribution >= 0.6 is 0 Å². The summed E-state index contributed by atoms with van der Waals surface area (Å²) in [6.45, 7) is 0. The van der Waals surface area contributed by atoms with Crippen LogP contribution in [0.3, 0.4) is 0 Å². The Morgan fingerprint density at radius 1 is 1.82 bits per heavy atom. The smallest absolute Gasteiger partial charge is 0.450 e. The maximum Gasteiger partial charge on any atom is 0.506 e. The van der Waals surface area contributed by atoms with Crippen LogP contribution in [0.25, 0.3) is 0 Å². The zero-order valence-corrected chi connectivity index (χ0v) is 5.52. The molecule has 1 unspecified atom stereocenters. The lowest BCUT2D eigenvalue weighted by Gasteiger charge is -2.14. The maximum absolute atomic E-state index is 10.7.